The van der Waals surface area contributed by atoms with Gasteiger partial charge in [0.05, 0.1) is 10.5 Å². The predicted molar refractivity (Wildman–Crippen MR) is 89.9 cm³/mol. The first-order valence-corrected chi connectivity index (χ1v) is 8.05. The van der Waals surface area contributed by atoms with Gasteiger partial charge in [-0.15, -0.1) is 0 Å². The first kappa shape index (κ1) is 16.3. The number of likely N-dealkylation sites (tertiary alicyclic amines) is 1. The molecule has 0 unspecified atom stereocenters. The van der Waals surface area contributed by atoms with Gasteiger partial charge in [0.2, 0.25) is 0 Å². The third-order valence-electron chi connectivity index (χ3n) is 4.25. The van der Waals surface area contributed by atoms with Gasteiger partial charge >= 0.3 is 0 Å². The number of rotatable bonds is 6. The summed E-state index contributed by atoms with van der Waals surface area (Å²) in [6.07, 6.45) is 5.71. The normalized spacial score (nSPS) is 14.7. The van der Waals surface area contributed by atoms with Crippen LogP contribution in [0.2, 0.25) is 0 Å². The topological polar surface area (TPSA) is 76.3 Å². The molecule has 1 aliphatic heterocycles. The first-order valence-electron chi connectivity index (χ1n) is 8.05. The fourth-order valence-electron chi connectivity index (χ4n) is 3.05. The molecule has 6 nitrogen and oxygen atoms in total. The zero-order valence-electron chi connectivity index (χ0n) is 13.4. The Kier molecular flexibility index (Phi) is 4.96. The lowest BCUT2D eigenvalue weighted by atomic mass is 10.00. The van der Waals surface area contributed by atoms with Crippen LogP contribution in [-0.2, 0) is 13.0 Å². The Morgan fingerprint density at radius 2 is 2.00 bits per heavy atom. The monoisotopic (exact) mass is 325 g/mol. The van der Waals surface area contributed by atoms with Crippen molar-refractivity contribution in [3.05, 3.63) is 69.5 Å². The summed E-state index contributed by atoms with van der Waals surface area (Å²) in [4.78, 5) is 29.6. The molecule has 0 saturated carbocycles. The maximum absolute atomic E-state index is 12.6. The summed E-state index contributed by atoms with van der Waals surface area (Å²) in [6.45, 7) is 2.80. The van der Waals surface area contributed by atoms with Crippen molar-refractivity contribution in [2.45, 2.75) is 25.8 Å². The van der Waals surface area contributed by atoms with Gasteiger partial charge in [-0.25, -0.2) is 0 Å². The number of benzene rings is 1. The van der Waals surface area contributed by atoms with E-state index in [1.807, 2.05) is 0 Å². The molecule has 1 aliphatic rings. The number of nitrogens with zero attached hydrogens (tertiary/aromatic N) is 3. The van der Waals surface area contributed by atoms with E-state index in [2.05, 4.69) is 9.88 Å². The lowest BCUT2D eigenvalue weighted by Gasteiger charge is -2.15. The van der Waals surface area contributed by atoms with Gasteiger partial charge in [-0.3, -0.25) is 24.8 Å². The molecule has 1 aromatic heterocycles. The third-order valence-corrected chi connectivity index (χ3v) is 4.25. The second-order valence-electron chi connectivity index (χ2n) is 6.05. The van der Waals surface area contributed by atoms with Crippen LogP contribution >= 0.6 is 0 Å². The van der Waals surface area contributed by atoms with Crippen molar-refractivity contribution in [2.75, 3.05) is 13.1 Å². The summed E-state index contributed by atoms with van der Waals surface area (Å²) in [7, 11) is 0. The molecule has 0 aliphatic carbocycles. The summed E-state index contributed by atoms with van der Waals surface area (Å²) in [6, 6.07) is 8.42. The highest BCUT2D eigenvalue weighted by Gasteiger charge is 2.22. The molecule has 24 heavy (non-hydrogen) atoms. The number of ketones is 1. The van der Waals surface area contributed by atoms with Crippen LogP contribution in [0.4, 0.5) is 5.69 Å². The molecule has 2 heterocycles. The number of pyridine rings is 1. The molecule has 0 atom stereocenters. The molecule has 124 valence electrons. The lowest BCUT2D eigenvalue weighted by molar-refractivity contribution is -0.385. The Morgan fingerprint density at radius 3 is 2.67 bits per heavy atom. The molecular formula is C18H19N3O3. The molecular weight excluding hydrogens is 306 g/mol. The maximum Gasteiger partial charge on any atom is 0.280 e. The van der Waals surface area contributed by atoms with Crippen molar-refractivity contribution in [3.8, 4) is 0 Å². The van der Waals surface area contributed by atoms with E-state index in [4.69, 9.17) is 0 Å². The van der Waals surface area contributed by atoms with Crippen LogP contribution in [0.15, 0.2) is 42.7 Å². The van der Waals surface area contributed by atoms with Crippen molar-refractivity contribution < 1.29 is 9.72 Å². The van der Waals surface area contributed by atoms with Crippen molar-refractivity contribution in [3.63, 3.8) is 0 Å². The van der Waals surface area contributed by atoms with E-state index in [9.17, 15) is 14.9 Å². The Bertz CT molecular complexity index is 740. The van der Waals surface area contributed by atoms with Crippen LogP contribution in [0.1, 0.15) is 34.3 Å². The molecule has 0 N–H and O–H groups in total. The summed E-state index contributed by atoms with van der Waals surface area (Å²) >= 11 is 0. The van der Waals surface area contributed by atoms with Crippen LogP contribution in [0.25, 0.3) is 0 Å². The quantitative estimate of drug-likeness (QED) is 0.463. The van der Waals surface area contributed by atoms with Crippen molar-refractivity contribution in [1.82, 2.24) is 9.88 Å². The smallest absolute Gasteiger partial charge is 0.280 e. The van der Waals surface area contributed by atoms with Gasteiger partial charge in [0.25, 0.3) is 5.69 Å². The van der Waals surface area contributed by atoms with Crippen LogP contribution in [0, 0.1) is 10.1 Å². The highest BCUT2D eigenvalue weighted by Crippen LogP contribution is 2.23. The van der Waals surface area contributed by atoms with Crippen LogP contribution in [0.5, 0.6) is 0 Å². The van der Waals surface area contributed by atoms with E-state index >= 15 is 0 Å². The predicted octanol–water partition coefficient (Wildman–Crippen LogP) is 3.01. The average molecular weight is 325 g/mol. The lowest BCUT2D eigenvalue weighted by Crippen LogP contribution is -2.19. The molecule has 3 rings (SSSR count). The summed E-state index contributed by atoms with van der Waals surface area (Å²) < 4.78 is 0. The first-order chi connectivity index (χ1) is 11.6. The zero-order valence-corrected chi connectivity index (χ0v) is 13.4. The summed E-state index contributed by atoms with van der Waals surface area (Å²) in [5.41, 5.74) is 1.74. The Balaban J connectivity index is 1.85. The Morgan fingerprint density at radius 1 is 1.21 bits per heavy atom. The Hall–Kier alpha value is -2.60. The van der Waals surface area contributed by atoms with E-state index in [0.29, 0.717) is 0 Å². The molecule has 2 aromatic rings. The van der Waals surface area contributed by atoms with Gasteiger partial charge in [0.15, 0.2) is 5.78 Å². The average Bonchev–Trinajstić information content (AvgIpc) is 3.08. The maximum atomic E-state index is 12.6. The summed E-state index contributed by atoms with van der Waals surface area (Å²) in [5, 5.41) is 11.3. The van der Waals surface area contributed by atoms with E-state index in [-0.39, 0.29) is 23.5 Å². The molecule has 0 bridgehead atoms. The Labute approximate surface area is 140 Å². The van der Waals surface area contributed by atoms with Crippen LogP contribution in [0.3, 0.4) is 0 Å². The van der Waals surface area contributed by atoms with Crippen molar-refractivity contribution in [1.29, 1.82) is 0 Å². The van der Waals surface area contributed by atoms with Crippen LogP contribution in [-0.4, -0.2) is 33.7 Å². The number of Topliss-reactive ketones (excluding diaryl/α,β-unsaturated/α-hetero) is 1. The van der Waals surface area contributed by atoms with Gasteiger partial charge in [0, 0.05) is 31.4 Å². The van der Waals surface area contributed by atoms with E-state index in [1.54, 1.807) is 36.7 Å². The minimum Gasteiger partial charge on any atom is -0.299 e. The van der Waals surface area contributed by atoms with Gasteiger partial charge < -0.3 is 0 Å². The number of nitro benzene ring substituents is 1. The second kappa shape index (κ2) is 7.31. The SMILES string of the molecule is O=C(Cc1cccnc1)c1cc(CN2CCCC2)ccc1[N+](=O)[O-]. The highest BCUT2D eigenvalue weighted by atomic mass is 16.6. The van der Waals surface area contributed by atoms with E-state index < -0.39 is 4.92 Å². The number of hydrogen-bond acceptors (Lipinski definition) is 5. The van der Waals surface area contributed by atoms with Crippen molar-refractivity contribution >= 4 is 11.5 Å². The number of aromatic nitrogens is 1. The summed E-state index contributed by atoms with van der Waals surface area (Å²) in [5.74, 6) is -0.252. The fraction of sp³-hybridized carbons (Fsp3) is 0.333. The van der Waals surface area contributed by atoms with E-state index in [0.717, 1.165) is 30.8 Å². The molecule has 1 saturated heterocycles. The molecule has 0 radical (unpaired) electrons. The molecule has 0 spiro atoms. The number of carbonyl (C=O) groups is 1. The number of carbonyl (C=O) groups excluding carboxylic acids is 1. The number of nitro groups is 1. The standard InChI is InChI=1S/C18H19N3O3/c22-18(11-14-4-3-7-19-12-14)16-10-15(5-6-17(16)21(23)24)13-20-8-1-2-9-20/h3-7,10,12H,1-2,8-9,11,13H2. The van der Waals surface area contributed by atoms with Gasteiger partial charge in [-0.05, 0) is 49.2 Å². The van der Waals surface area contributed by atoms with Crippen LogP contribution < -0.4 is 0 Å². The third kappa shape index (κ3) is 3.83. The molecule has 1 aromatic carbocycles. The number of hydrogen-bond donors (Lipinski definition) is 0. The fourth-order valence-corrected chi connectivity index (χ4v) is 3.05. The van der Waals surface area contributed by atoms with E-state index in [1.165, 1.54) is 18.9 Å². The van der Waals surface area contributed by atoms with Gasteiger partial charge in [0.1, 0.15) is 0 Å². The van der Waals surface area contributed by atoms with Crippen molar-refractivity contribution in [2.24, 2.45) is 0 Å². The molecule has 6 heteroatoms. The zero-order chi connectivity index (χ0) is 16.9. The van der Waals surface area contributed by atoms with Gasteiger partial charge in [-0.1, -0.05) is 12.1 Å². The molecule has 1 fully saturated rings. The highest BCUT2D eigenvalue weighted by molar-refractivity contribution is 6.01. The largest absolute Gasteiger partial charge is 0.299 e. The van der Waals surface area contributed by atoms with Gasteiger partial charge in [-0.2, -0.15) is 0 Å². The minimum atomic E-state index is -0.490. The molecule has 0 amide bonds. The second-order valence-corrected chi connectivity index (χ2v) is 6.05. The minimum absolute atomic E-state index is 0.113.